The Kier molecular flexibility index (Phi) is 6.49. The van der Waals surface area contributed by atoms with E-state index in [1.165, 1.54) is 0 Å². The summed E-state index contributed by atoms with van der Waals surface area (Å²) in [4.78, 5) is 0. The number of alkyl halides is 3. The normalized spacial score (nSPS) is 13.1. The van der Waals surface area contributed by atoms with Gasteiger partial charge in [0.05, 0.1) is 15.4 Å². The van der Waals surface area contributed by atoms with E-state index in [1.807, 2.05) is 0 Å². The van der Waals surface area contributed by atoms with Crippen LogP contribution in [0.4, 0.5) is 8.78 Å². The smallest absolute Gasteiger partial charge is 0.261 e. The fourth-order valence-corrected chi connectivity index (χ4v) is 1.76. The molecule has 1 aromatic rings. The highest BCUT2D eigenvalue weighted by molar-refractivity contribution is 6.42. The van der Waals surface area contributed by atoms with Gasteiger partial charge in [0.2, 0.25) is 0 Å². The molecule has 0 N–H and O–H groups in total. The van der Waals surface area contributed by atoms with Crippen LogP contribution < -0.4 is 0 Å². The van der Waals surface area contributed by atoms with Crippen LogP contribution in [0, 0.1) is 0 Å². The van der Waals surface area contributed by atoms with Gasteiger partial charge in [0.15, 0.2) is 0 Å². The van der Waals surface area contributed by atoms with E-state index in [-0.39, 0.29) is 12.0 Å². The summed E-state index contributed by atoms with van der Waals surface area (Å²) in [5.74, 6) is 0. The highest BCUT2D eigenvalue weighted by Gasteiger charge is 2.10. The molecule has 0 aliphatic heterocycles. The third kappa shape index (κ3) is 5.38. The molecule has 0 aliphatic rings. The molecule has 0 spiro atoms. The Balaban J connectivity index is 2.41. The lowest BCUT2D eigenvalue weighted by Gasteiger charge is -2.11. The van der Waals surface area contributed by atoms with Crippen molar-refractivity contribution in [3.8, 4) is 0 Å². The minimum atomic E-state index is -2.45. The van der Waals surface area contributed by atoms with E-state index in [1.54, 1.807) is 18.2 Å². The summed E-state index contributed by atoms with van der Waals surface area (Å²) in [5.41, 5.74) is 0.793. The molecule has 1 rings (SSSR count). The zero-order chi connectivity index (χ0) is 12.8. The molecule has 1 nitrogen and oxygen atoms in total. The number of benzene rings is 1. The van der Waals surface area contributed by atoms with Gasteiger partial charge < -0.3 is 4.74 Å². The minimum Gasteiger partial charge on any atom is -0.375 e. The van der Waals surface area contributed by atoms with Crippen LogP contribution in [0.5, 0.6) is 0 Å². The van der Waals surface area contributed by atoms with Crippen molar-refractivity contribution in [3.63, 3.8) is 0 Å². The van der Waals surface area contributed by atoms with Crippen LogP contribution in [-0.2, 0) is 4.74 Å². The molecular formula is C11H11Cl3F2O. The quantitative estimate of drug-likeness (QED) is 0.534. The maximum atomic E-state index is 11.8. The van der Waals surface area contributed by atoms with Gasteiger partial charge in [-0.25, -0.2) is 8.78 Å². The summed E-state index contributed by atoms with van der Waals surface area (Å²) >= 11 is 17.7. The molecule has 0 fully saturated rings. The third-order valence-corrected chi connectivity index (χ3v) is 3.27. The van der Waals surface area contributed by atoms with Crippen molar-refractivity contribution >= 4 is 34.8 Å². The first-order valence-electron chi connectivity index (χ1n) is 4.95. The summed E-state index contributed by atoms with van der Waals surface area (Å²) in [7, 11) is 0. The number of hydrogen-bond donors (Lipinski definition) is 0. The van der Waals surface area contributed by atoms with E-state index in [0.717, 1.165) is 5.56 Å². The van der Waals surface area contributed by atoms with E-state index >= 15 is 0 Å². The van der Waals surface area contributed by atoms with Crippen molar-refractivity contribution in [2.75, 3.05) is 13.2 Å². The Bertz CT molecular complexity index is 361. The summed E-state index contributed by atoms with van der Waals surface area (Å²) < 4.78 is 28.3. The lowest BCUT2D eigenvalue weighted by Crippen LogP contribution is -2.06. The zero-order valence-corrected chi connectivity index (χ0v) is 11.1. The molecule has 0 aromatic heterocycles. The van der Waals surface area contributed by atoms with Crippen LogP contribution in [-0.4, -0.2) is 19.6 Å². The molecule has 1 aromatic carbocycles. The maximum Gasteiger partial charge on any atom is 0.261 e. The first-order valence-corrected chi connectivity index (χ1v) is 6.15. The highest BCUT2D eigenvalue weighted by atomic mass is 35.5. The molecule has 0 bridgehead atoms. The van der Waals surface area contributed by atoms with Crippen molar-refractivity contribution in [1.29, 1.82) is 0 Å². The average Bonchev–Trinajstić information content (AvgIpc) is 2.27. The van der Waals surface area contributed by atoms with Gasteiger partial charge in [0.1, 0.15) is 6.61 Å². The first-order chi connectivity index (χ1) is 8.00. The SMILES string of the molecule is FC(F)COCCC(Cl)c1ccc(Cl)c(Cl)c1. The highest BCUT2D eigenvalue weighted by Crippen LogP contribution is 2.30. The molecule has 0 heterocycles. The van der Waals surface area contributed by atoms with Crippen LogP contribution in [0.15, 0.2) is 18.2 Å². The number of hydrogen-bond acceptors (Lipinski definition) is 1. The van der Waals surface area contributed by atoms with Gasteiger partial charge in [-0.3, -0.25) is 0 Å². The van der Waals surface area contributed by atoms with E-state index in [9.17, 15) is 8.78 Å². The predicted molar refractivity (Wildman–Crippen MR) is 66.5 cm³/mol. The molecule has 0 saturated heterocycles. The molecule has 0 aliphatic carbocycles. The van der Waals surface area contributed by atoms with Gasteiger partial charge in [-0.2, -0.15) is 0 Å². The Morgan fingerprint density at radius 1 is 1.18 bits per heavy atom. The first kappa shape index (κ1) is 15.0. The van der Waals surface area contributed by atoms with E-state index < -0.39 is 13.0 Å². The van der Waals surface area contributed by atoms with Gasteiger partial charge in [-0.15, -0.1) is 11.6 Å². The van der Waals surface area contributed by atoms with Gasteiger partial charge in [0, 0.05) is 6.61 Å². The molecule has 0 saturated carbocycles. The zero-order valence-electron chi connectivity index (χ0n) is 8.81. The topological polar surface area (TPSA) is 9.23 Å². The lowest BCUT2D eigenvalue weighted by molar-refractivity contribution is 0.0165. The average molecular weight is 304 g/mol. The fraction of sp³-hybridized carbons (Fsp3) is 0.455. The standard InChI is InChI=1S/C11H11Cl3F2O/c12-8(3-4-17-6-11(15)16)7-1-2-9(13)10(14)5-7/h1-2,5,8,11H,3-4,6H2. The Labute approximate surface area is 114 Å². The van der Waals surface area contributed by atoms with Crippen molar-refractivity contribution in [2.45, 2.75) is 18.2 Å². The summed E-state index contributed by atoms with van der Waals surface area (Å²) in [6, 6.07) is 5.06. The van der Waals surface area contributed by atoms with Crippen LogP contribution in [0.3, 0.4) is 0 Å². The molecule has 0 amide bonds. The summed E-state index contributed by atoms with van der Waals surface area (Å²) in [5, 5.41) is 0.541. The monoisotopic (exact) mass is 302 g/mol. The Morgan fingerprint density at radius 3 is 2.47 bits per heavy atom. The molecule has 1 unspecified atom stereocenters. The van der Waals surface area contributed by atoms with Crippen LogP contribution in [0.1, 0.15) is 17.4 Å². The molecule has 1 atom stereocenters. The second kappa shape index (κ2) is 7.37. The van der Waals surface area contributed by atoms with Crippen LogP contribution in [0.2, 0.25) is 10.0 Å². The second-order valence-corrected chi connectivity index (χ2v) is 4.74. The van der Waals surface area contributed by atoms with E-state index in [0.29, 0.717) is 16.5 Å². The van der Waals surface area contributed by atoms with Crippen LogP contribution in [0.25, 0.3) is 0 Å². The predicted octanol–water partition coefficient (Wildman–Crippen LogP) is 4.95. The Hall–Kier alpha value is -0.0900. The van der Waals surface area contributed by atoms with Crippen molar-refractivity contribution < 1.29 is 13.5 Å². The molecule has 17 heavy (non-hydrogen) atoms. The van der Waals surface area contributed by atoms with Crippen molar-refractivity contribution in [3.05, 3.63) is 33.8 Å². The van der Waals surface area contributed by atoms with Crippen molar-refractivity contribution in [1.82, 2.24) is 0 Å². The molecule has 0 radical (unpaired) electrons. The third-order valence-electron chi connectivity index (χ3n) is 2.06. The summed E-state index contributed by atoms with van der Waals surface area (Å²) in [6.45, 7) is -0.385. The molecule has 96 valence electrons. The largest absolute Gasteiger partial charge is 0.375 e. The lowest BCUT2D eigenvalue weighted by atomic mass is 10.1. The second-order valence-electron chi connectivity index (χ2n) is 3.40. The van der Waals surface area contributed by atoms with Crippen molar-refractivity contribution in [2.24, 2.45) is 0 Å². The van der Waals surface area contributed by atoms with Crippen LogP contribution >= 0.6 is 34.8 Å². The van der Waals surface area contributed by atoms with E-state index in [4.69, 9.17) is 39.5 Å². The fourth-order valence-electron chi connectivity index (χ4n) is 1.23. The minimum absolute atomic E-state index is 0.179. The Morgan fingerprint density at radius 2 is 1.88 bits per heavy atom. The molecule has 6 heteroatoms. The van der Waals surface area contributed by atoms with Gasteiger partial charge >= 0.3 is 0 Å². The molecular weight excluding hydrogens is 292 g/mol. The van der Waals surface area contributed by atoms with Gasteiger partial charge in [0.25, 0.3) is 6.43 Å². The number of ether oxygens (including phenoxy) is 1. The van der Waals surface area contributed by atoms with Gasteiger partial charge in [-0.1, -0.05) is 29.3 Å². The maximum absolute atomic E-state index is 11.8. The summed E-state index contributed by atoms with van der Waals surface area (Å²) in [6.07, 6.45) is -2.01. The van der Waals surface area contributed by atoms with Gasteiger partial charge in [-0.05, 0) is 24.1 Å². The number of rotatable bonds is 6. The number of halogens is 5. The van der Waals surface area contributed by atoms with E-state index in [2.05, 4.69) is 0 Å².